The number of nitrogens with zero attached hydrogens (tertiary/aromatic N) is 1. The molecule has 0 saturated heterocycles. The molecule has 0 unspecified atom stereocenters. The molecule has 0 atom stereocenters. The van der Waals surface area contributed by atoms with E-state index >= 15 is 0 Å². The first kappa shape index (κ1) is 14.6. The van der Waals surface area contributed by atoms with E-state index in [2.05, 4.69) is 54.6 Å². The first-order chi connectivity index (χ1) is 8.67. The Hall–Kier alpha value is -1.51. The molecular formula is C15H25N3. The van der Waals surface area contributed by atoms with Crippen LogP contribution in [0.1, 0.15) is 36.5 Å². The topological polar surface area (TPSA) is 36.4 Å². The molecule has 1 aromatic rings. The Morgan fingerprint density at radius 3 is 2.61 bits per heavy atom. The number of hydrogen-bond acceptors (Lipinski definition) is 1. The Morgan fingerprint density at radius 1 is 1.22 bits per heavy atom. The number of benzene rings is 1. The molecule has 0 saturated carbocycles. The van der Waals surface area contributed by atoms with Gasteiger partial charge in [-0.1, -0.05) is 37.1 Å². The maximum atomic E-state index is 4.22. The highest BCUT2D eigenvalue weighted by molar-refractivity contribution is 5.79. The lowest BCUT2D eigenvalue weighted by Gasteiger charge is -2.13. The summed E-state index contributed by atoms with van der Waals surface area (Å²) in [6, 6.07) is 6.54. The van der Waals surface area contributed by atoms with Gasteiger partial charge in [-0.2, -0.15) is 0 Å². The summed E-state index contributed by atoms with van der Waals surface area (Å²) in [4.78, 5) is 4.22. The van der Waals surface area contributed by atoms with Gasteiger partial charge in [0.1, 0.15) is 0 Å². The van der Waals surface area contributed by atoms with Crippen molar-refractivity contribution in [1.82, 2.24) is 10.6 Å². The van der Waals surface area contributed by atoms with Crippen molar-refractivity contribution in [3.63, 3.8) is 0 Å². The molecule has 100 valence electrons. The number of guanidine groups is 1. The van der Waals surface area contributed by atoms with Crippen molar-refractivity contribution >= 4 is 5.96 Å². The number of rotatable bonds is 5. The Bertz CT molecular complexity index is 397. The fraction of sp³-hybridized carbons (Fsp3) is 0.533. The molecule has 0 spiro atoms. The lowest BCUT2D eigenvalue weighted by Crippen LogP contribution is -2.37. The quantitative estimate of drug-likeness (QED) is 0.477. The molecule has 1 aromatic carbocycles. The van der Waals surface area contributed by atoms with Crippen LogP contribution in [0.3, 0.4) is 0 Å². The average molecular weight is 247 g/mol. The van der Waals surface area contributed by atoms with E-state index in [9.17, 15) is 0 Å². The summed E-state index contributed by atoms with van der Waals surface area (Å²) in [7, 11) is 1.81. The van der Waals surface area contributed by atoms with Gasteiger partial charge in [0.05, 0.1) is 0 Å². The first-order valence-corrected chi connectivity index (χ1v) is 6.68. The normalized spacial score (nSPS) is 11.4. The van der Waals surface area contributed by atoms with Crippen LogP contribution in [0.15, 0.2) is 23.2 Å². The van der Waals surface area contributed by atoms with E-state index in [4.69, 9.17) is 0 Å². The van der Waals surface area contributed by atoms with Crippen molar-refractivity contribution in [3.05, 3.63) is 34.9 Å². The summed E-state index contributed by atoms with van der Waals surface area (Å²) in [5.41, 5.74) is 3.95. The van der Waals surface area contributed by atoms with Gasteiger partial charge in [-0.15, -0.1) is 0 Å². The maximum absolute atomic E-state index is 4.22. The Balaban J connectivity index is 2.47. The molecule has 2 N–H and O–H groups in total. The van der Waals surface area contributed by atoms with E-state index in [1.807, 2.05) is 7.05 Å². The molecule has 0 aromatic heterocycles. The molecule has 3 nitrogen and oxygen atoms in total. The summed E-state index contributed by atoms with van der Waals surface area (Å²) in [5, 5.41) is 6.65. The van der Waals surface area contributed by atoms with Crippen LogP contribution < -0.4 is 10.6 Å². The number of nitrogens with one attached hydrogen (secondary N) is 2. The molecule has 1 rings (SSSR count). The van der Waals surface area contributed by atoms with Gasteiger partial charge in [0.15, 0.2) is 5.96 Å². The Morgan fingerprint density at radius 2 is 2.00 bits per heavy atom. The smallest absolute Gasteiger partial charge is 0.191 e. The van der Waals surface area contributed by atoms with E-state index < -0.39 is 0 Å². The van der Waals surface area contributed by atoms with Crippen LogP contribution in [0, 0.1) is 13.8 Å². The van der Waals surface area contributed by atoms with E-state index in [0.717, 1.165) is 19.0 Å². The van der Waals surface area contributed by atoms with E-state index in [0.29, 0.717) is 0 Å². The van der Waals surface area contributed by atoms with Crippen LogP contribution in [0.4, 0.5) is 0 Å². The highest BCUT2D eigenvalue weighted by atomic mass is 15.2. The van der Waals surface area contributed by atoms with Gasteiger partial charge in [0, 0.05) is 20.1 Å². The third-order valence-corrected chi connectivity index (χ3v) is 2.99. The Labute approximate surface area is 111 Å². The summed E-state index contributed by atoms with van der Waals surface area (Å²) in [6.45, 7) is 8.25. The Kier molecular flexibility index (Phi) is 6.26. The highest BCUT2D eigenvalue weighted by Crippen LogP contribution is 2.09. The van der Waals surface area contributed by atoms with Gasteiger partial charge in [-0.25, -0.2) is 0 Å². The van der Waals surface area contributed by atoms with Gasteiger partial charge >= 0.3 is 0 Å². The van der Waals surface area contributed by atoms with E-state index in [1.54, 1.807) is 0 Å². The molecule has 0 fully saturated rings. The molecule has 0 heterocycles. The fourth-order valence-electron chi connectivity index (χ4n) is 1.83. The molecule has 0 radical (unpaired) electrons. The van der Waals surface area contributed by atoms with Gasteiger partial charge in [-0.05, 0) is 31.4 Å². The zero-order valence-corrected chi connectivity index (χ0v) is 12.0. The van der Waals surface area contributed by atoms with Crippen molar-refractivity contribution in [2.24, 2.45) is 4.99 Å². The monoisotopic (exact) mass is 247 g/mol. The zero-order chi connectivity index (χ0) is 13.4. The van der Waals surface area contributed by atoms with Crippen molar-refractivity contribution < 1.29 is 0 Å². The minimum absolute atomic E-state index is 0.817. The third-order valence-electron chi connectivity index (χ3n) is 2.99. The molecule has 0 amide bonds. The van der Waals surface area contributed by atoms with Crippen molar-refractivity contribution in [1.29, 1.82) is 0 Å². The first-order valence-electron chi connectivity index (χ1n) is 6.68. The second-order valence-electron chi connectivity index (χ2n) is 4.64. The van der Waals surface area contributed by atoms with Crippen LogP contribution in [0.25, 0.3) is 0 Å². The minimum atomic E-state index is 0.817. The standard InChI is InChI=1S/C15H25N3/c1-5-6-9-17-15(16-4)18-11-14-8-7-12(2)10-13(14)3/h7-8,10H,5-6,9,11H2,1-4H3,(H2,16,17,18). The van der Waals surface area contributed by atoms with Crippen molar-refractivity contribution in [3.8, 4) is 0 Å². The highest BCUT2D eigenvalue weighted by Gasteiger charge is 2.00. The fourth-order valence-corrected chi connectivity index (χ4v) is 1.83. The third kappa shape index (κ3) is 4.78. The average Bonchev–Trinajstić information content (AvgIpc) is 2.35. The van der Waals surface area contributed by atoms with Crippen molar-refractivity contribution in [2.45, 2.75) is 40.2 Å². The van der Waals surface area contributed by atoms with Crippen LogP contribution in [-0.4, -0.2) is 19.6 Å². The van der Waals surface area contributed by atoms with Gasteiger partial charge in [0.25, 0.3) is 0 Å². The lowest BCUT2D eigenvalue weighted by atomic mass is 10.1. The molecule has 0 aliphatic heterocycles. The number of aryl methyl sites for hydroxylation is 2. The zero-order valence-electron chi connectivity index (χ0n) is 12.0. The summed E-state index contributed by atoms with van der Waals surface area (Å²) >= 11 is 0. The van der Waals surface area contributed by atoms with Crippen LogP contribution >= 0.6 is 0 Å². The molecule has 0 bridgehead atoms. The number of unbranched alkanes of at least 4 members (excludes halogenated alkanes) is 1. The summed E-state index contributed by atoms with van der Waals surface area (Å²) in [6.07, 6.45) is 2.37. The maximum Gasteiger partial charge on any atom is 0.191 e. The molecule has 3 heteroatoms. The molecule has 0 aliphatic rings. The molecular weight excluding hydrogens is 222 g/mol. The van der Waals surface area contributed by atoms with Crippen LogP contribution in [0.2, 0.25) is 0 Å². The van der Waals surface area contributed by atoms with Crippen LogP contribution in [0.5, 0.6) is 0 Å². The van der Waals surface area contributed by atoms with Gasteiger partial charge in [-0.3, -0.25) is 4.99 Å². The summed E-state index contributed by atoms with van der Waals surface area (Å²) < 4.78 is 0. The molecule has 0 aliphatic carbocycles. The minimum Gasteiger partial charge on any atom is -0.356 e. The van der Waals surface area contributed by atoms with E-state index in [1.165, 1.54) is 29.5 Å². The SMILES string of the molecule is CCCCNC(=NC)NCc1ccc(C)cc1C. The van der Waals surface area contributed by atoms with Crippen LogP contribution in [-0.2, 0) is 6.54 Å². The van der Waals surface area contributed by atoms with E-state index in [-0.39, 0.29) is 0 Å². The lowest BCUT2D eigenvalue weighted by molar-refractivity contribution is 0.728. The van der Waals surface area contributed by atoms with Crippen molar-refractivity contribution in [2.75, 3.05) is 13.6 Å². The molecule has 18 heavy (non-hydrogen) atoms. The van der Waals surface area contributed by atoms with Gasteiger partial charge in [0.2, 0.25) is 0 Å². The largest absolute Gasteiger partial charge is 0.356 e. The number of hydrogen-bond donors (Lipinski definition) is 2. The predicted molar refractivity (Wildman–Crippen MR) is 79.0 cm³/mol. The van der Waals surface area contributed by atoms with Gasteiger partial charge < -0.3 is 10.6 Å². The second-order valence-corrected chi connectivity index (χ2v) is 4.64. The summed E-state index contributed by atoms with van der Waals surface area (Å²) in [5.74, 6) is 0.878. The second kappa shape index (κ2) is 7.75. The number of aliphatic imine (C=N–C) groups is 1. The predicted octanol–water partition coefficient (Wildman–Crippen LogP) is 2.77.